The lowest BCUT2D eigenvalue weighted by molar-refractivity contribution is 0.0666. The van der Waals surface area contributed by atoms with E-state index in [1.54, 1.807) is 19.1 Å². The lowest BCUT2D eigenvalue weighted by atomic mass is 10.2. The number of carbonyl (C=O) groups excluding carboxylic acids is 1. The van der Waals surface area contributed by atoms with Gasteiger partial charge in [-0.1, -0.05) is 6.07 Å². The van der Waals surface area contributed by atoms with Gasteiger partial charge in [0.05, 0.1) is 6.61 Å². The quantitative estimate of drug-likeness (QED) is 0.681. The van der Waals surface area contributed by atoms with Crippen LogP contribution >= 0.6 is 0 Å². The van der Waals surface area contributed by atoms with Crippen LogP contribution < -0.4 is 0 Å². The standard InChI is InChI=1S/C14H20N2O5/c1-20-9-4-7-16(8-10-21-2)13(17)11-5-3-6-12(15-11)14(18)19/h3,5-6H,4,7-10H2,1-2H3,(H,18,19). The Kier molecular flexibility index (Phi) is 7.34. The molecule has 0 bridgehead atoms. The fourth-order valence-electron chi connectivity index (χ4n) is 1.75. The molecular weight excluding hydrogens is 276 g/mol. The summed E-state index contributed by atoms with van der Waals surface area (Å²) in [5, 5.41) is 8.92. The highest BCUT2D eigenvalue weighted by Gasteiger charge is 2.18. The summed E-state index contributed by atoms with van der Waals surface area (Å²) in [6.07, 6.45) is 0.685. The third kappa shape index (κ3) is 5.49. The number of carboxylic acids is 1. The molecule has 0 saturated heterocycles. The Bertz CT molecular complexity index is 478. The van der Waals surface area contributed by atoms with E-state index in [1.807, 2.05) is 0 Å². The topological polar surface area (TPSA) is 89.0 Å². The number of ether oxygens (including phenoxy) is 2. The van der Waals surface area contributed by atoms with Crippen molar-refractivity contribution in [3.8, 4) is 0 Å². The first kappa shape index (κ1) is 17.1. The van der Waals surface area contributed by atoms with Gasteiger partial charge in [0.1, 0.15) is 11.4 Å². The number of hydrogen-bond donors (Lipinski definition) is 1. The highest BCUT2D eigenvalue weighted by molar-refractivity contribution is 5.94. The molecule has 1 heterocycles. The first-order valence-electron chi connectivity index (χ1n) is 6.57. The lowest BCUT2D eigenvalue weighted by Crippen LogP contribution is -2.36. The second-order valence-corrected chi connectivity index (χ2v) is 4.34. The summed E-state index contributed by atoms with van der Waals surface area (Å²) in [5.74, 6) is -1.47. The van der Waals surface area contributed by atoms with Crippen LogP contribution in [0.1, 0.15) is 27.4 Å². The number of aromatic nitrogens is 1. The van der Waals surface area contributed by atoms with Crippen LogP contribution in [0.4, 0.5) is 0 Å². The highest BCUT2D eigenvalue weighted by Crippen LogP contribution is 2.05. The Balaban J connectivity index is 2.82. The minimum atomic E-state index is -1.16. The summed E-state index contributed by atoms with van der Waals surface area (Å²) in [7, 11) is 3.15. The number of methoxy groups -OCH3 is 2. The lowest BCUT2D eigenvalue weighted by Gasteiger charge is -2.22. The number of aromatic carboxylic acids is 1. The van der Waals surface area contributed by atoms with Crippen LogP contribution in [-0.2, 0) is 9.47 Å². The van der Waals surface area contributed by atoms with E-state index in [-0.39, 0.29) is 17.3 Å². The summed E-state index contributed by atoms with van der Waals surface area (Å²) >= 11 is 0. The largest absolute Gasteiger partial charge is 0.477 e. The number of amides is 1. The molecule has 0 unspecified atom stereocenters. The van der Waals surface area contributed by atoms with E-state index in [1.165, 1.54) is 18.2 Å². The molecule has 0 fully saturated rings. The van der Waals surface area contributed by atoms with E-state index in [2.05, 4.69) is 4.98 Å². The molecule has 7 nitrogen and oxygen atoms in total. The zero-order valence-electron chi connectivity index (χ0n) is 12.2. The molecule has 116 valence electrons. The maximum absolute atomic E-state index is 12.4. The predicted octanol–water partition coefficient (Wildman–Crippen LogP) is 0.905. The molecule has 21 heavy (non-hydrogen) atoms. The third-order valence-corrected chi connectivity index (χ3v) is 2.82. The van der Waals surface area contributed by atoms with Gasteiger partial charge in [-0.15, -0.1) is 0 Å². The molecule has 0 aliphatic rings. The number of carboxylic acid groups (broad SMARTS) is 1. The number of rotatable bonds is 9. The Labute approximate surface area is 123 Å². The molecule has 1 aromatic heterocycles. The first-order chi connectivity index (χ1) is 10.1. The summed E-state index contributed by atoms with van der Waals surface area (Å²) in [6, 6.07) is 4.36. The highest BCUT2D eigenvalue weighted by atomic mass is 16.5. The Morgan fingerprint density at radius 3 is 2.43 bits per heavy atom. The Hall–Kier alpha value is -1.99. The van der Waals surface area contributed by atoms with E-state index in [0.29, 0.717) is 32.7 Å². The van der Waals surface area contributed by atoms with Crippen LogP contribution in [0.5, 0.6) is 0 Å². The minimum absolute atomic E-state index is 0.114. The van der Waals surface area contributed by atoms with Crippen LogP contribution in [0, 0.1) is 0 Å². The van der Waals surface area contributed by atoms with Gasteiger partial charge in [0.15, 0.2) is 0 Å². The average molecular weight is 296 g/mol. The summed E-state index contributed by atoms with van der Waals surface area (Å²) < 4.78 is 9.96. The van der Waals surface area contributed by atoms with Crippen molar-refractivity contribution >= 4 is 11.9 Å². The molecule has 0 aromatic carbocycles. The smallest absolute Gasteiger partial charge is 0.354 e. The minimum Gasteiger partial charge on any atom is -0.477 e. The van der Waals surface area contributed by atoms with Gasteiger partial charge in [-0.2, -0.15) is 0 Å². The second-order valence-electron chi connectivity index (χ2n) is 4.34. The maximum atomic E-state index is 12.4. The van der Waals surface area contributed by atoms with Crippen LogP contribution in [0.25, 0.3) is 0 Å². The summed E-state index contributed by atoms with van der Waals surface area (Å²) in [5.41, 5.74) is -0.0344. The van der Waals surface area contributed by atoms with Crippen LogP contribution in [0.3, 0.4) is 0 Å². The third-order valence-electron chi connectivity index (χ3n) is 2.82. The number of pyridine rings is 1. The summed E-state index contributed by atoms with van der Waals surface area (Å²) in [6.45, 7) is 1.85. The van der Waals surface area contributed by atoms with Crippen molar-refractivity contribution in [1.29, 1.82) is 0 Å². The normalized spacial score (nSPS) is 10.4. The van der Waals surface area contributed by atoms with E-state index < -0.39 is 5.97 Å². The van der Waals surface area contributed by atoms with Crippen molar-refractivity contribution in [2.24, 2.45) is 0 Å². The monoisotopic (exact) mass is 296 g/mol. The molecule has 0 aliphatic heterocycles. The molecule has 0 atom stereocenters. The predicted molar refractivity (Wildman–Crippen MR) is 75.5 cm³/mol. The van der Waals surface area contributed by atoms with Gasteiger partial charge >= 0.3 is 5.97 Å². The molecule has 0 radical (unpaired) electrons. The molecule has 1 aromatic rings. The fourth-order valence-corrected chi connectivity index (χ4v) is 1.75. The zero-order valence-corrected chi connectivity index (χ0v) is 12.2. The SMILES string of the molecule is COCCCN(CCOC)C(=O)c1cccc(C(=O)O)n1. The molecule has 1 amide bonds. The number of nitrogens with zero attached hydrogens (tertiary/aromatic N) is 2. The van der Waals surface area contributed by atoms with E-state index in [4.69, 9.17) is 14.6 Å². The fraction of sp³-hybridized carbons (Fsp3) is 0.500. The van der Waals surface area contributed by atoms with Crippen molar-refractivity contribution < 1.29 is 24.2 Å². The second kappa shape index (κ2) is 9.04. The van der Waals surface area contributed by atoms with Crippen molar-refractivity contribution in [3.05, 3.63) is 29.6 Å². The van der Waals surface area contributed by atoms with Gasteiger partial charge in [-0.3, -0.25) is 4.79 Å². The van der Waals surface area contributed by atoms with Gasteiger partial charge in [-0.05, 0) is 18.6 Å². The zero-order chi connectivity index (χ0) is 15.7. The van der Waals surface area contributed by atoms with Gasteiger partial charge < -0.3 is 19.5 Å². The molecule has 0 aliphatic carbocycles. The molecule has 1 N–H and O–H groups in total. The van der Waals surface area contributed by atoms with Gasteiger partial charge in [0, 0.05) is 33.9 Å². The van der Waals surface area contributed by atoms with E-state index in [9.17, 15) is 9.59 Å². The molecule has 1 rings (SSSR count). The van der Waals surface area contributed by atoms with E-state index >= 15 is 0 Å². The van der Waals surface area contributed by atoms with Gasteiger partial charge in [0.25, 0.3) is 5.91 Å². The first-order valence-corrected chi connectivity index (χ1v) is 6.57. The number of hydrogen-bond acceptors (Lipinski definition) is 5. The maximum Gasteiger partial charge on any atom is 0.354 e. The summed E-state index contributed by atoms with van der Waals surface area (Å²) in [4.78, 5) is 28.7. The van der Waals surface area contributed by atoms with Gasteiger partial charge in [-0.25, -0.2) is 9.78 Å². The molecule has 7 heteroatoms. The average Bonchev–Trinajstić information content (AvgIpc) is 2.50. The van der Waals surface area contributed by atoms with Crippen molar-refractivity contribution in [1.82, 2.24) is 9.88 Å². The molecule has 0 spiro atoms. The molecule has 0 saturated carbocycles. The van der Waals surface area contributed by atoms with Crippen LogP contribution in [0.15, 0.2) is 18.2 Å². The van der Waals surface area contributed by atoms with Crippen LogP contribution in [-0.4, -0.2) is 67.4 Å². The van der Waals surface area contributed by atoms with Gasteiger partial charge in [0.2, 0.25) is 0 Å². The Morgan fingerprint density at radius 1 is 1.14 bits per heavy atom. The van der Waals surface area contributed by atoms with Crippen molar-refractivity contribution in [2.75, 3.05) is 40.5 Å². The molecular formula is C14H20N2O5. The van der Waals surface area contributed by atoms with E-state index in [0.717, 1.165) is 0 Å². The van der Waals surface area contributed by atoms with Crippen LogP contribution in [0.2, 0.25) is 0 Å². The number of carbonyl (C=O) groups is 2. The van der Waals surface area contributed by atoms with Crippen molar-refractivity contribution in [3.63, 3.8) is 0 Å². The van der Waals surface area contributed by atoms with Crippen molar-refractivity contribution in [2.45, 2.75) is 6.42 Å². The Morgan fingerprint density at radius 2 is 1.81 bits per heavy atom.